The van der Waals surface area contributed by atoms with Crippen molar-refractivity contribution in [3.8, 4) is 0 Å². The fraction of sp³-hybridized carbons (Fsp3) is 0.600. The molecule has 0 fully saturated rings. The zero-order chi connectivity index (χ0) is 18.3. The molecule has 0 bridgehead atoms. The Kier molecular flexibility index (Phi) is 7.46. The Labute approximate surface area is 145 Å². The first kappa shape index (κ1) is 20.2. The molecule has 1 rings (SSSR count). The van der Waals surface area contributed by atoms with Crippen molar-refractivity contribution in [2.24, 2.45) is 5.92 Å². The van der Waals surface area contributed by atoms with Gasteiger partial charge in [-0.05, 0) is 52.0 Å². The second-order valence-electron chi connectivity index (χ2n) is 7.11. The molecule has 4 nitrogen and oxygen atoms in total. The van der Waals surface area contributed by atoms with Gasteiger partial charge in [0, 0.05) is 0 Å². The average Bonchev–Trinajstić information content (AvgIpc) is 2.47. The SMILES string of the molecule is CC(C)CCC(C(=O)OC(C)C)(C(=O)OC(C)C)c1ccccc1. The van der Waals surface area contributed by atoms with Crippen molar-refractivity contribution >= 4 is 11.9 Å². The maximum absolute atomic E-state index is 13.0. The Morgan fingerprint density at radius 1 is 0.875 bits per heavy atom. The lowest BCUT2D eigenvalue weighted by Gasteiger charge is -2.32. The third-order valence-corrected chi connectivity index (χ3v) is 3.75. The Balaban J connectivity index is 3.41. The highest BCUT2D eigenvalue weighted by Crippen LogP contribution is 2.35. The molecule has 134 valence electrons. The molecule has 4 heteroatoms. The van der Waals surface area contributed by atoms with E-state index in [0.717, 1.165) is 6.42 Å². The summed E-state index contributed by atoms with van der Waals surface area (Å²) < 4.78 is 10.9. The van der Waals surface area contributed by atoms with Crippen molar-refractivity contribution < 1.29 is 19.1 Å². The number of rotatable bonds is 8. The predicted octanol–water partition coefficient (Wildman–Crippen LogP) is 4.26. The summed E-state index contributed by atoms with van der Waals surface area (Å²) in [6, 6.07) is 9.10. The van der Waals surface area contributed by atoms with E-state index in [-0.39, 0.29) is 12.2 Å². The molecular weight excluding hydrogens is 304 g/mol. The van der Waals surface area contributed by atoms with E-state index in [4.69, 9.17) is 9.47 Å². The summed E-state index contributed by atoms with van der Waals surface area (Å²) in [5.41, 5.74) is -0.790. The standard InChI is InChI=1S/C20H30O4/c1-14(2)12-13-20(18(21)23-15(3)4,19(22)24-16(5)6)17-10-8-7-9-11-17/h7-11,14-16H,12-13H2,1-6H3. The minimum absolute atomic E-state index is 0.300. The second-order valence-corrected chi connectivity index (χ2v) is 7.11. The molecule has 1 aromatic carbocycles. The zero-order valence-electron chi connectivity index (χ0n) is 15.7. The number of benzene rings is 1. The van der Waals surface area contributed by atoms with E-state index in [9.17, 15) is 9.59 Å². The summed E-state index contributed by atoms with van der Waals surface area (Å²) in [5.74, 6) is -0.711. The molecule has 0 atom stereocenters. The smallest absolute Gasteiger partial charge is 0.328 e. The van der Waals surface area contributed by atoms with E-state index in [2.05, 4.69) is 13.8 Å². The predicted molar refractivity (Wildman–Crippen MR) is 94.6 cm³/mol. The van der Waals surface area contributed by atoms with E-state index in [0.29, 0.717) is 17.9 Å². The van der Waals surface area contributed by atoms with E-state index in [1.165, 1.54) is 0 Å². The van der Waals surface area contributed by atoms with E-state index < -0.39 is 17.4 Å². The molecule has 0 spiro atoms. The van der Waals surface area contributed by atoms with Gasteiger partial charge in [-0.25, -0.2) is 0 Å². The molecule has 0 amide bonds. The largest absolute Gasteiger partial charge is 0.462 e. The summed E-state index contributed by atoms with van der Waals surface area (Å²) in [4.78, 5) is 26.0. The van der Waals surface area contributed by atoms with Crippen LogP contribution in [0.15, 0.2) is 30.3 Å². The van der Waals surface area contributed by atoms with Gasteiger partial charge in [0.2, 0.25) is 0 Å². The number of carbonyl (C=O) groups is 2. The maximum atomic E-state index is 13.0. The molecule has 1 aromatic rings. The van der Waals surface area contributed by atoms with Gasteiger partial charge < -0.3 is 9.47 Å². The zero-order valence-corrected chi connectivity index (χ0v) is 15.7. The molecule has 0 saturated carbocycles. The van der Waals surface area contributed by atoms with Crippen molar-refractivity contribution in [2.75, 3.05) is 0 Å². The van der Waals surface area contributed by atoms with Crippen LogP contribution in [-0.4, -0.2) is 24.1 Å². The van der Waals surface area contributed by atoms with Crippen molar-refractivity contribution in [3.63, 3.8) is 0 Å². The normalized spacial score (nSPS) is 11.9. The monoisotopic (exact) mass is 334 g/mol. The first-order valence-corrected chi connectivity index (χ1v) is 8.67. The van der Waals surface area contributed by atoms with Crippen molar-refractivity contribution in [1.29, 1.82) is 0 Å². The molecule has 0 radical (unpaired) electrons. The fourth-order valence-corrected chi connectivity index (χ4v) is 2.52. The van der Waals surface area contributed by atoms with Gasteiger partial charge in [-0.2, -0.15) is 0 Å². The molecular formula is C20H30O4. The highest BCUT2D eigenvalue weighted by Gasteiger charge is 2.50. The molecule has 0 heterocycles. The third-order valence-electron chi connectivity index (χ3n) is 3.75. The Hall–Kier alpha value is -1.84. The van der Waals surface area contributed by atoms with E-state index in [1.807, 2.05) is 18.2 Å². The average molecular weight is 334 g/mol. The summed E-state index contributed by atoms with van der Waals surface area (Å²) in [7, 11) is 0. The lowest BCUT2D eigenvalue weighted by Crippen LogP contribution is -2.47. The fourth-order valence-electron chi connectivity index (χ4n) is 2.52. The first-order chi connectivity index (χ1) is 11.2. The Bertz CT molecular complexity index is 510. The van der Waals surface area contributed by atoms with Crippen LogP contribution in [0, 0.1) is 5.92 Å². The molecule has 0 aromatic heterocycles. The maximum Gasteiger partial charge on any atom is 0.328 e. The van der Waals surface area contributed by atoms with Gasteiger partial charge in [-0.15, -0.1) is 0 Å². The van der Waals surface area contributed by atoms with Gasteiger partial charge in [-0.3, -0.25) is 9.59 Å². The van der Waals surface area contributed by atoms with Crippen LogP contribution in [-0.2, 0) is 24.5 Å². The van der Waals surface area contributed by atoms with Gasteiger partial charge in [0.25, 0.3) is 0 Å². The minimum atomic E-state index is -1.42. The lowest BCUT2D eigenvalue weighted by molar-refractivity contribution is -0.170. The lowest BCUT2D eigenvalue weighted by atomic mass is 9.75. The number of hydrogen-bond acceptors (Lipinski definition) is 4. The van der Waals surface area contributed by atoms with Crippen molar-refractivity contribution in [3.05, 3.63) is 35.9 Å². The summed E-state index contributed by atoms with van der Waals surface area (Å²) in [6.45, 7) is 11.3. The molecule has 0 aliphatic carbocycles. The van der Waals surface area contributed by atoms with Crippen molar-refractivity contribution in [2.45, 2.75) is 72.0 Å². The Morgan fingerprint density at radius 2 is 1.33 bits per heavy atom. The van der Waals surface area contributed by atoms with Gasteiger partial charge in [0.15, 0.2) is 5.41 Å². The highest BCUT2D eigenvalue weighted by molar-refractivity contribution is 6.06. The molecule has 0 aliphatic rings. The quantitative estimate of drug-likeness (QED) is 0.526. The van der Waals surface area contributed by atoms with Crippen LogP contribution in [0.2, 0.25) is 0 Å². The van der Waals surface area contributed by atoms with Crippen LogP contribution in [0.4, 0.5) is 0 Å². The number of esters is 2. The van der Waals surface area contributed by atoms with Gasteiger partial charge in [-0.1, -0.05) is 44.2 Å². The molecule has 0 saturated heterocycles. The van der Waals surface area contributed by atoms with Gasteiger partial charge >= 0.3 is 11.9 Å². The summed E-state index contributed by atoms with van der Waals surface area (Å²) >= 11 is 0. The van der Waals surface area contributed by atoms with Gasteiger partial charge in [0.05, 0.1) is 12.2 Å². The Morgan fingerprint density at radius 3 is 1.71 bits per heavy atom. The van der Waals surface area contributed by atoms with Crippen molar-refractivity contribution in [1.82, 2.24) is 0 Å². The third kappa shape index (κ3) is 5.08. The van der Waals surface area contributed by atoms with Crippen LogP contribution in [0.3, 0.4) is 0 Å². The summed E-state index contributed by atoms with van der Waals surface area (Å²) in [6.07, 6.45) is 0.485. The van der Waals surface area contributed by atoms with Crippen LogP contribution >= 0.6 is 0 Å². The van der Waals surface area contributed by atoms with Crippen LogP contribution in [0.1, 0.15) is 59.9 Å². The topological polar surface area (TPSA) is 52.6 Å². The molecule has 0 unspecified atom stereocenters. The molecule has 0 aliphatic heterocycles. The second kappa shape index (κ2) is 8.86. The number of carbonyl (C=O) groups excluding carboxylic acids is 2. The molecule has 0 N–H and O–H groups in total. The highest BCUT2D eigenvalue weighted by atomic mass is 16.6. The van der Waals surface area contributed by atoms with Crippen LogP contribution in [0.5, 0.6) is 0 Å². The molecule has 24 heavy (non-hydrogen) atoms. The van der Waals surface area contributed by atoms with E-state index in [1.54, 1.807) is 39.8 Å². The number of ether oxygens (including phenoxy) is 2. The van der Waals surface area contributed by atoms with E-state index >= 15 is 0 Å². The van der Waals surface area contributed by atoms with Crippen LogP contribution < -0.4 is 0 Å². The minimum Gasteiger partial charge on any atom is -0.462 e. The summed E-state index contributed by atoms with van der Waals surface area (Å²) in [5, 5.41) is 0. The first-order valence-electron chi connectivity index (χ1n) is 8.67. The van der Waals surface area contributed by atoms with Gasteiger partial charge in [0.1, 0.15) is 0 Å². The van der Waals surface area contributed by atoms with Crippen LogP contribution in [0.25, 0.3) is 0 Å². The number of hydrogen-bond donors (Lipinski definition) is 0.